The van der Waals surface area contributed by atoms with Crippen molar-refractivity contribution < 1.29 is 9.53 Å². The third-order valence-electron chi connectivity index (χ3n) is 2.87. The number of carbonyl (C=O) groups excluding carboxylic acids is 1. The number of nitrogens with one attached hydrogen (secondary N) is 1. The first kappa shape index (κ1) is 14.3. The molecule has 2 rings (SSSR count). The number of halogens is 1. The Kier molecular flexibility index (Phi) is 4.82. The highest BCUT2D eigenvalue weighted by molar-refractivity contribution is 9.10. The smallest absolute Gasteiger partial charge is 0.268 e. The molecule has 5 heteroatoms. The molecule has 1 N–H and O–H groups in total. The molecule has 0 atom stereocenters. The second kappa shape index (κ2) is 6.39. The van der Waals surface area contributed by atoms with E-state index in [0.29, 0.717) is 31.5 Å². The van der Waals surface area contributed by atoms with Gasteiger partial charge in [-0.25, -0.2) is 0 Å². The first-order valence-electron chi connectivity index (χ1n) is 6.45. The third-order valence-corrected chi connectivity index (χ3v) is 3.30. The third kappa shape index (κ3) is 4.21. The average molecular weight is 327 g/mol. The minimum absolute atomic E-state index is 0.0449. The van der Waals surface area contributed by atoms with Gasteiger partial charge in [0.15, 0.2) is 0 Å². The summed E-state index contributed by atoms with van der Waals surface area (Å²) in [6, 6.07) is 2.36. The van der Waals surface area contributed by atoms with Gasteiger partial charge < -0.3 is 14.6 Å². The molecule has 1 aliphatic carbocycles. The Bertz CT molecular complexity index is 478. The number of rotatable bonds is 7. The zero-order valence-corrected chi connectivity index (χ0v) is 12.7. The van der Waals surface area contributed by atoms with Crippen molar-refractivity contribution in [2.75, 3.05) is 19.8 Å². The number of hydrogen-bond acceptors (Lipinski definition) is 2. The van der Waals surface area contributed by atoms with E-state index in [9.17, 15) is 4.79 Å². The Balaban J connectivity index is 1.81. The van der Waals surface area contributed by atoms with Gasteiger partial charge >= 0.3 is 0 Å². The second-order valence-electron chi connectivity index (χ2n) is 4.95. The molecule has 0 bridgehead atoms. The van der Waals surface area contributed by atoms with Crippen LogP contribution in [0.1, 0.15) is 36.3 Å². The lowest BCUT2D eigenvalue weighted by molar-refractivity contribution is 0.0917. The minimum atomic E-state index is -0.0449. The van der Waals surface area contributed by atoms with Crippen LogP contribution in [0.5, 0.6) is 0 Å². The van der Waals surface area contributed by atoms with Gasteiger partial charge in [-0.05, 0) is 41.8 Å². The van der Waals surface area contributed by atoms with Crippen LogP contribution in [0.25, 0.3) is 0 Å². The Morgan fingerprint density at radius 2 is 2.37 bits per heavy atom. The molecular weight excluding hydrogens is 308 g/mol. The van der Waals surface area contributed by atoms with Crippen molar-refractivity contribution in [2.45, 2.75) is 25.8 Å². The van der Waals surface area contributed by atoms with Crippen LogP contribution < -0.4 is 5.32 Å². The molecule has 1 saturated carbocycles. The van der Waals surface area contributed by atoms with Gasteiger partial charge in [0.05, 0.1) is 13.2 Å². The summed E-state index contributed by atoms with van der Waals surface area (Å²) in [6.45, 7) is 7.23. The van der Waals surface area contributed by atoms with Gasteiger partial charge in [-0.1, -0.05) is 12.2 Å². The molecule has 0 unspecified atom stereocenters. The molecule has 19 heavy (non-hydrogen) atoms. The number of ether oxygens (including phenoxy) is 1. The lowest BCUT2D eigenvalue weighted by atomic mass is 10.4. The summed E-state index contributed by atoms with van der Waals surface area (Å²) < 4.78 is 8.34. The van der Waals surface area contributed by atoms with Crippen molar-refractivity contribution >= 4 is 21.8 Å². The molecular formula is C14H19BrN2O2. The van der Waals surface area contributed by atoms with Crippen molar-refractivity contribution in [3.8, 4) is 0 Å². The second-order valence-corrected chi connectivity index (χ2v) is 5.86. The molecule has 1 fully saturated rings. The predicted molar refractivity (Wildman–Crippen MR) is 78.4 cm³/mol. The first-order chi connectivity index (χ1) is 9.08. The number of hydrogen-bond donors (Lipinski definition) is 1. The summed E-state index contributed by atoms with van der Waals surface area (Å²) in [5, 5.41) is 2.87. The van der Waals surface area contributed by atoms with Gasteiger partial charge in [0.1, 0.15) is 5.69 Å². The van der Waals surface area contributed by atoms with Crippen LogP contribution in [0.3, 0.4) is 0 Å². The van der Waals surface area contributed by atoms with Crippen LogP contribution in [-0.2, 0) is 4.74 Å². The molecule has 0 saturated heterocycles. The van der Waals surface area contributed by atoms with Crippen molar-refractivity contribution in [2.24, 2.45) is 0 Å². The molecule has 104 valence electrons. The fourth-order valence-corrected chi connectivity index (χ4v) is 2.29. The average Bonchev–Trinajstić information content (AvgIpc) is 3.11. The molecule has 4 nitrogen and oxygen atoms in total. The number of amides is 1. The first-order valence-corrected chi connectivity index (χ1v) is 7.25. The van der Waals surface area contributed by atoms with E-state index < -0.39 is 0 Å². The molecule has 1 aromatic heterocycles. The largest absolute Gasteiger partial charge is 0.375 e. The van der Waals surface area contributed by atoms with Crippen LogP contribution in [0, 0.1) is 0 Å². The van der Waals surface area contributed by atoms with E-state index in [2.05, 4.69) is 27.8 Å². The summed E-state index contributed by atoms with van der Waals surface area (Å²) >= 11 is 3.42. The maximum Gasteiger partial charge on any atom is 0.268 e. The van der Waals surface area contributed by atoms with Crippen molar-refractivity contribution in [1.82, 2.24) is 9.88 Å². The predicted octanol–water partition coefficient (Wildman–Crippen LogP) is 2.91. The summed E-state index contributed by atoms with van der Waals surface area (Å²) in [6.07, 6.45) is 4.29. The standard InChI is InChI=1S/C14H19BrN2O2/c1-10(2)9-19-6-5-16-14(18)13-7-11(15)8-17(13)12-3-4-12/h7-8,12H,1,3-6,9H2,2H3,(H,16,18). The van der Waals surface area contributed by atoms with Gasteiger partial charge in [0.25, 0.3) is 5.91 Å². The van der Waals surface area contributed by atoms with Crippen LogP contribution in [0.2, 0.25) is 0 Å². The summed E-state index contributed by atoms with van der Waals surface area (Å²) in [5.74, 6) is -0.0449. The Morgan fingerprint density at radius 1 is 1.63 bits per heavy atom. The molecule has 1 heterocycles. The van der Waals surface area contributed by atoms with Crippen molar-refractivity contribution in [3.63, 3.8) is 0 Å². The van der Waals surface area contributed by atoms with Gasteiger partial charge in [-0.2, -0.15) is 0 Å². The van der Waals surface area contributed by atoms with Crippen LogP contribution in [-0.4, -0.2) is 30.2 Å². The highest BCUT2D eigenvalue weighted by Crippen LogP contribution is 2.37. The van der Waals surface area contributed by atoms with Gasteiger partial charge in [-0.15, -0.1) is 0 Å². The van der Waals surface area contributed by atoms with Crippen molar-refractivity contribution in [1.29, 1.82) is 0 Å². The van der Waals surface area contributed by atoms with Crippen LogP contribution in [0.15, 0.2) is 28.9 Å². The number of aromatic nitrogens is 1. The lowest BCUT2D eigenvalue weighted by Crippen LogP contribution is -2.29. The molecule has 0 radical (unpaired) electrons. The number of nitrogens with zero attached hydrogens (tertiary/aromatic N) is 1. The van der Waals surface area contributed by atoms with E-state index in [1.165, 1.54) is 0 Å². The molecule has 0 spiro atoms. The van der Waals surface area contributed by atoms with Gasteiger partial charge in [0.2, 0.25) is 0 Å². The normalized spacial score (nSPS) is 14.4. The zero-order valence-electron chi connectivity index (χ0n) is 11.1. The van der Waals surface area contributed by atoms with E-state index in [0.717, 1.165) is 22.9 Å². The Hall–Kier alpha value is -1.07. The van der Waals surface area contributed by atoms with E-state index >= 15 is 0 Å². The number of carbonyl (C=O) groups is 1. The van der Waals surface area contributed by atoms with Gasteiger partial charge in [0, 0.05) is 23.3 Å². The highest BCUT2D eigenvalue weighted by atomic mass is 79.9. The van der Waals surface area contributed by atoms with E-state index in [-0.39, 0.29) is 5.91 Å². The summed E-state index contributed by atoms with van der Waals surface area (Å²) in [5.41, 5.74) is 1.70. The summed E-state index contributed by atoms with van der Waals surface area (Å²) in [4.78, 5) is 12.1. The molecule has 1 amide bonds. The summed E-state index contributed by atoms with van der Waals surface area (Å²) in [7, 11) is 0. The minimum Gasteiger partial charge on any atom is -0.375 e. The fraction of sp³-hybridized carbons (Fsp3) is 0.500. The zero-order chi connectivity index (χ0) is 13.8. The Morgan fingerprint density at radius 3 is 3.00 bits per heavy atom. The van der Waals surface area contributed by atoms with Crippen molar-refractivity contribution in [3.05, 3.63) is 34.6 Å². The van der Waals surface area contributed by atoms with E-state index in [1.54, 1.807) is 0 Å². The van der Waals surface area contributed by atoms with Crippen LogP contribution in [0.4, 0.5) is 0 Å². The molecule has 0 aliphatic heterocycles. The van der Waals surface area contributed by atoms with Crippen LogP contribution >= 0.6 is 15.9 Å². The SMILES string of the molecule is C=C(C)COCCNC(=O)c1cc(Br)cn1C1CC1. The Labute approximate surface area is 121 Å². The lowest BCUT2D eigenvalue weighted by Gasteiger charge is -2.09. The fourth-order valence-electron chi connectivity index (χ4n) is 1.86. The monoisotopic (exact) mass is 326 g/mol. The molecule has 0 aromatic carbocycles. The molecule has 1 aliphatic rings. The quantitative estimate of drug-likeness (QED) is 0.618. The van der Waals surface area contributed by atoms with E-state index in [1.807, 2.05) is 23.8 Å². The van der Waals surface area contributed by atoms with E-state index in [4.69, 9.17) is 4.74 Å². The van der Waals surface area contributed by atoms with Gasteiger partial charge in [-0.3, -0.25) is 4.79 Å². The highest BCUT2D eigenvalue weighted by Gasteiger charge is 2.27. The maximum atomic E-state index is 12.1. The topological polar surface area (TPSA) is 43.3 Å². The maximum absolute atomic E-state index is 12.1. The molecule has 1 aromatic rings.